The average Bonchev–Trinajstić information content (AvgIpc) is 3.09. The minimum Gasteiger partial charge on any atom is -0.388 e. The van der Waals surface area contributed by atoms with Crippen molar-refractivity contribution in [3.05, 3.63) is 35.4 Å². The van der Waals surface area contributed by atoms with Gasteiger partial charge in [0, 0.05) is 32.2 Å². The largest absolute Gasteiger partial charge is 0.388 e. The summed E-state index contributed by atoms with van der Waals surface area (Å²) in [6.07, 6.45) is 4.39. The third-order valence-corrected chi connectivity index (χ3v) is 6.12. The van der Waals surface area contributed by atoms with E-state index >= 15 is 0 Å². The molecule has 2 saturated heterocycles. The summed E-state index contributed by atoms with van der Waals surface area (Å²) in [6, 6.07) is 9.41. The summed E-state index contributed by atoms with van der Waals surface area (Å²) in [5.41, 5.74) is 2.29. The van der Waals surface area contributed by atoms with Crippen molar-refractivity contribution in [1.82, 2.24) is 14.7 Å². The number of rotatable bonds is 6. The highest BCUT2D eigenvalue weighted by Gasteiger charge is 2.34. The number of nitrogens with zero attached hydrogens (tertiary/aromatic N) is 3. The first-order valence-corrected chi connectivity index (χ1v) is 9.88. The molecule has 1 aromatic carbocycles. The fourth-order valence-electron chi connectivity index (χ4n) is 4.15. The Hall–Kier alpha value is -0.940. The first-order valence-electron chi connectivity index (χ1n) is 9.88. The van der Waals surface area contributed by atoms with Crippen molar-refractivity contribution in [2.75, 3.05) is 46.8 Å². The Bertz CT molecular complexity index is 546. The lowest BCUT2D eigenvalue weighted by atomic mass is 9.90. The van der Waals surface area contributed by atoms with E-state index in [1.165, 1.54) is 37.1 Å². The molecule has 0 bridgehead atoms. The van der Waals surface area contributed by atoms with E-state index in [0.717, 1.165) is 39.0 Å². The molecule has 0 radical (unpaired) electrons. The molecular weight excluding hydrogens is 310 g/mol. The first kappa shape index (κ1) is 18.8. The van der Waals surface area contributed by atoms with Crippen LogP contribution in [0.4, 0.5) is 0 Å². The van der Waals surface area contributed by atoms with Gasteiger partial charge in [0.15, 0.2) is 0 Å². The van der Waals surface area contributed by atoms with Gasteiger partial charge in [-0.1, -0.05) is 24.3 Å². The Labute approximate surface area is 153 Å². The molecular formula is C21H35N3O. The summed E-state index contributed by atoms with van der Waals surface area (Å²) in [5, 5.41) is 10.9. The number of β-amino-alcohol motifs (C(OH)–C–C–N with tert-alkyl or cyclic N) is 1. The number of hydrogen-bond acceptors (Lipinski definition) is 4. The lowest BCUT2D eigenvalue weighted by Crippen LogP contribution is -2.50. The summed E-state index contributed by atoms with van der Waals surface area (Å²) in [4.78, 5) is 7.19. The average molecular weight is 346 g/mol. The maximum atomic E-state index is 10.9. The van der Waals surface area contributed by atoms with Gasteiger partial charge in [0.1, 0.15) is 0 Å². The maximum Gasteiger partial charge on any atom is 0.0798 e. The molecule has 2 fully saturated rings. The van der Waals surface area contributed by atoms with E-state index in [-0.39, 0.29) is 0 Å². The third kappa shape index (κ3) is 5.04. The fraction of sp³-hybridized carbons (Fsp3) is 0.714. The Kier molecular flexibility index (Phi) is 6.16. The minimum atomic E-state index is -0.470. The molecule has 1 aromatic rings. The monoisotopic (exact) mass is 345 g/mol. The Morgan fingerprint density at radius 3 is 2.40 bits per heavy atom. The van der Waals surface area contributed by atoms with Crippen LogP contribution >= 0.6 is 0 Å². The van der Waals surface area contributed by atoms with Crippen molar-refractivity contribution in [1.29, 1.82) is 0 Å². The van der Waals surface area contributed by atoms with Gasteiger partial charge in [-0.05, 0) is 70.9 Å². The topological polar surface area (TPSA) is 30.0 Å². The lowest BCUT2D eigenvalue weighted by molar-refractivity contribution is -0.0430. The highest BCUT2D eigenvalue weighted by Crippen LogP contribution is 2.26. The normalized spacial score (nSPS) is 23.2. The van der Waals surface area contributed by atoms with Crippen LogP contribution in [0.2, 0.25) is 0 Å². The van der Waals surface area contributed by atoms with E-state index in [2.05, 4.69) is 60.0 Å². The van der Waals surface area contributed by atoms with E-state index in [4.69, 9.17) is 0 Å². The van der Waals surface area contributed by atoms with Gasteiger partial charge in [0.25, 0.3) is 0 Å². The summed E-state index contributed by atoms with van der Waals surface area (Å²) in [7, 11) is 4.26. The van der Waals surface area contributed by atoms with Crippen molar-refractivity contribution >= 4 is 0 Å². The first-order chi connectivity index (χ1) is 12.0. The van der Waals surface area contributed by atoms with Crippen LogP contribution < -0.4 is 0 Å². The summed E-state index contributed by atoms with van der Waals surface area (Å²) in [6.45, 7) is 8.45. The van der Waals surface area contributed by atoms with E-state index in [1.807, 2.05) is 0 Å². The van der Waals surface area contributed by atoms with Crippen LogP contribution in [-0.2, 0) is 6.54 Å². The number of aliphatic hydroxyl groups is 1. The molecule has 1 N–H and O–H groups in total. The van der Waals surface area contributed by atoms with E-state index < -0.39 is 5.60 Å². The van der Waals surface area contributed by atoms with Gasteiger partial charge in [-0.15, -0.1) is 0 Å². The standard InChI is InChI=1S/C21H35N3O/c1-18(22(2)3)20-8-6-7-19(15-20)16-23-13-9-21(25,10-14-23)17-24-11-4-5-12-24/h6-8,15,18,25H,4-5,9-14,16-17H2,1-3H3/t18-/m1/s1. The maximum absolute atomic E-state index is 10.9. The Balaban J connectivity index is 1.52. The zero-order valence-electron chi connectivity index (χ0n) is 16.2. The second-order valence-corrected chi connectivity index (χ2v) is 8.37. The molecule has 0 aromatic heterocycles. The van der Waals surface area contributed by atoms with Gasteiger partial charge < -0.3 is 14.9 Å². The predicted octanol–water partition coefficient (Wildman–Crippen LogP) is 2.73. The number of benzene rings is 1. The molecule has 0 amide bonds. The van der Waals surface area contributed by atoms with Gasteiger partial charge in [-0.25, -0.2) is 0 Å². The van der Waals surface area contributed by atoms with E-state index in [0.29, 0.717) is 6.04 Å². The molecule has 25 heavy (non-hydrogen) atoms. The molecule has 0 aliphatic carbocycles. The molecule has 0 saturated carbocycles. The zero-order valence-corrected chi connectivity index (χ0v) is 16.2. The van der Waals surface area contributed by atoms with Crippen molar-refractivity contribution in [3.63, 3.8) is 0 Å². The molecule has 2 aliphatic rings. The molecule has 0 unspecified atom stereocenters. The molecule has 4 nitrogen and oxygen atoms in total. The number of likely N-dealkylation sites (tertiary alicyclic amines) is 2. The molecule has 3 rings (SSSR count). The van der Waals surface area contributed by atoms with Gasteiger partial charge in [-0.3, -0.25) is 4.90 Å². The van der Waals surface area contributed by atoms with Crippen LogP contribution in [0.25, 0.3) is 0 Å². The fourth-order valence-corrected chi connectivity index (χ4v) is 4.15. The van der Waals surface area contributed by atoms with Crippen LogP contribution in [0.1, 0.15) is 49.8 Å². The summed E-state index contributed by atoms with van der Waals surface area (Å²) >= 11 is 0. The van der Waals surface area contributed by atoms with Crippen LogP contribution in [0.3, 0.4) is 0 Å². The van der Waals surface area contributed by atoms with Gasteiger partial charge in [0.05, 0.1) is 5.60 Å². The highest BCUT2D eigenvalue weighted by atomic mass is 16.3. The van der Waals surface area contributed by atoms with Gasteiger partial charge in [0.2, 0.25) is 0 Å². The number of hydrogen-bond donors (Lipinski definition) is 1. The van der Waals surface area contributed by atoms with Crippen molar-refractivity contribution in [3.8, 4) is 0 Å². The molecule has 4 heteroatoms. The zero-order chi connectivity index (χ0) is 17.9. The SMILES string of the molecule is C[C@H](c1cccc(CN2CCC(O)(CN3CCCC3)CC2)c1)N(C)C. The molecule has 2 heterocycles. The van der Waals surface area contributed by atoms with Crippen molar-refractivity contribution < 1.29 is 5.11 Å². The van der Waals surface area contributed by atoms with E-state index in [9.17, 15) is 5.11 Å². The van der Waals surface area contributed by atoms with Crippen LogP contribution in [0.5, 0.6) is 0 Å². The van der Waals surface area contributed by atoms with E-state index in [1.54, 1.807) is 0 Å². The second kappa shape index (κ2) is 8.17. The quantitative estimate of drug-likeness (QED) is 0.859. The predicted molar refractivity (Wildman–Crippen MR) is 104 cm³/mol. The third-order valence-electron chi connectivity index (χ3n) is 6.12. The number of piperidine rings is 1. The smallest absolute Gasteiger partial charge is 0.0798 e. The van der Waals surface area contributed by atoms with Gasteiger partial charge >= 0.3 is 0 Å². The lowest BCUT2D eigenvalue weighted by Gasteiger charge is -2.40. The molecule has 2 aliphatic heterocycles. The van der Waals surface area contributed by atoms with Gasteiger partial charge in [-0.2, -0.15) is 0 Å². The Morgan fingerprint density at radius 2 is 1.76 bits per heavy atom. The van der Waals surface area contributed by atoms with Crippen LogP contribution in [-0.4, -0.2) is 72.2 Å². The molecule has 1 atom stereocenters. The van der Waals surface area contributed by atoms with Crippen LogP contribution in [0.15, 0.2) is 24.3 Å². The highest BCUT2D eigenvalue weighted by molar-refractivity contribution is 5.25. The van der Waals surface area contributed by atoms with Crippen molar-refractivity contribution in [2.45, 2.75) is 50.8 Å². The second-order valence-electron chi connectivity index (χ2n) is 8.37. The Morgan fingerprint density at radius 1 is 1.08 bits per heavy atom. The van der Waals surface area contributed by atoms with Crippen LogP contribution in [0, 0.1) is 0 Å². The molecule has 140 valence electrons. The van der Waals surface area contributed by atoms with Crippen molar-refractivity contribution in [2.24, 2.45) is 0 Å². The summed E-state index contributed by atoms with van der Waals surface area (Å²) in [5.74, 6) is 0. The summed E-state index contributed by atoms with van der Waals surface area (Å²) < 4.78 is 0. The minimum absolute atomic E-state index is 0.437. The molecule has 0 spiro atoms.